The molecule has 4 heteroatoms. The zero-order chi connectivity index (χ0) is 18.6. The van der Waals surface area contributed by atoms with Gasteiger partial charge in [-0.05, 0) is 29.3 Å². The van der Waals surface area contributed by atoms with Crippen molar-refractivity contribution in [2.45, 2.75) is 19.1 Å². The summed E-state index contributed by atoms with van der Waals surface area (Å²) in [4.78, 5) is 14.9. The highest BCUT2D eigenvalue weighted by molar-refractivity contribution is 5.99. The third-order valence-electron chi connectivity index (χ3n) is 4.79. The van der Waals surface area contributed by atoms with Crippen molar-refractivity contribution in [2.24, 2.45) is 0 Å². The molecule has 0 fully saturated rings. The minimum Gasteiger partial charge on any atom is -0.361 e. The standard InChI is InChI=1S/C23H19N3O/c24-15-14-17-10-12-19(13-11-17)25-22-20-8-4-5-9-21(20)23(27)26(22)16-18-6-2-1-3-7-18/h1-13,22,25H,14,16H2/t22-/m1/s1. The van der Waals surface area contributed by atoms with Crippen molar-refractivity contribution in [1.82, 2.24) is 4.90 Å². The molecule has 0 unspecified atom stereocenters. The van der Waals surface area contributed by atoms with Gasteiger partial charge in [-0.15, -0.1) is 0 Å². The van der Waals surface area contributed by atoms with Gasteiger partial charge in [-0.25, -0.2) is 0 Å². The summed E-state index contributed by atoms with van der Waals surface area (Å²) in [5, 5.41) is 12.3. The van der Waals surface area contributed by atoms with Gasteiger partial charge in [0.05, 0.1) is 12.5 Å². The number of nitrogens with zero attached hydrogens (tertiary/aromatic N) is 2. The zero-order valence-electron chi connectivity index (χ0n) is 14.8. The normalized spacial score (nSPS) is 15.3. The van der Waals surface area contributed by atoms with Crippen molar-refractivity contribution < 1.29 is 4.79 Å². The van der Waals surface area contributed by atoms with Crippen molar-refractivity contribution in [3.8, 4) is 6.07 Å². The van der Waals surface area contributed by atoms with Crippen LogP contribution in [-0.4, -0.2) is 10.8 Å². The Hall–Kier alpha value is -3.58. The number of rotatable bonds is 5. The van der Waals surface area contributed by atoms with Crippen LogP contribution in [0.2, 0.25) is 0 Å². The minimum atomic E-state index is -0.226. The van der Waals surface area contributed by atoms with Crippen LogP contribution in [0.3, 0.4) is 0 Å². The number of hydrogen-bond acceptors (Lipinski definition) is 3. The number of hydrogen-bond donors (Lipinski definition) is 1. The molecule has 0 spiro atoms. The lowest BCUT2D eigenvalue weighted by molar-refractivity contribution is 0.0729. The van der Waals surface area contributed by atoms with Crippen molar-refractivity contribution in [3.05, 3.63) is 101 Å². The molecule has 1 heterocycles. The molecule has 1 aliphatic rings. The van der Waals surface area contributed by atoms with Gasteiger partial charge in [0.25, 0.3) is 5.91 Å². The number of carbonyl (C=O) groups excluding carboxylic acids is 1. The molecule has 0 aromatic heterocycles. The van der Waals surface area contributed by atoms with Gasteiger partial charge in [0, 0.05) is 23.4 Å². The maximum absolute atomic E-state index is 13.0. The fourth-order valence-corrected chi connectivity index (χ4v) is 3.44. The molecule has 0 aliphatic carbocycles. The van der Waals surface area contributed by atoms with Gasteiger partial charge in [-0.3, -0.25) is 4.79 Å². The van der Waals surface area contributed by atoms with Crippen LogP contribution in [0.5, 0.6) is 0 Å². The van der Waals surface area contributed by atoms with E-state index in [4.69, 9.17) is 5.26 Å². The molecular weight excluding hydrogens is 334 g/mol. The molecule has 3 aromatic rings. The van der Waals surface area contributed by atoms with E-state index < -0.39 is 0 Å². The van der Waals surface area contributed by atoms with Gasteiger partial charge >= 0.3 is 0 Å². The van der Waals surface area contributed by atoms with Gasteiger partial charge < -0.3 is 10.2 Å². The number of carbonyl (C=O) groups is 1. The van der Waals surface area contributed by atoms with Crippen LogP contribution in [-0.2, 0) is 13.0 Å². The summed E-state index contributed by atoms with van der Waals surface area (Å²) in [6.45, 7) is 0.540. The van der Waals surface area contributed by atoms with Gasteiger partial charge in [0.15, 0.2) is 0 Å². The number of benzene rings is 3. The first-order valence-corrected chi connectivity index (χ1v) is 8.92. The SMILES string of the molecule is N#CCc1ccc(N[C@H]2c3ccccc3C(=O)N2Cc2ccccc2)cc1. The Bertz CT molecular complexity index is 990. The van der Waals surface area contributed by atoms with Crippen molar-refractivity contribution in [1.29, 1.82) is 5.26 Å². The Kier molecular flexibility index (Phi) is 4.59. The van der Waals surface area contributed by atoms with E-state index in [9.17, 15) is 4.79 Å². The van der Waals surface area contributed by atoms with Crippen molar-refractivity contribution in [2.75, 3.05) is 5.32 Å². The molecule has 0 bridgehead atoms. The Balaban J connectivity index is 1.64. The second-order valence-corrected chi connectivity index (χ2v) is 6.58. The number of anilines is 1. The highest BCUT2D eigenvalue weighted by Gasteiger charge is 2.36. The average Bonchev–Trinajstić information content (AvgIpc) is 2.97. The summed E-state index contributed by atoms with van der Waals surface area (Å²) in [6, 6.07) is 27.7. The molecule has 4 rings (SSSR count). The summed E-state index contributed by atoms with van der Waals surface area (Å²) in [6.07, 6.45) is 0.168. The molecule has 1 amide bonds. The van der Waals surface area contributed by atoms with E-state index >= 15 is 0 Å². The Morgan fingerprint density at radius 1 is 0.889 bits per heavy atom. The number of fused-ring (bicyclic) bond motifs is 1. The van der Waals surface area contributed by atoms with E-state index in [1.807, 2.05) is 83.8 Å². The average molecular weight is 353 g/mol. The van der Waals surface area contributed by atoms with Gasteiger partial charge in [0.2, 0.25) is 0 Å². The van der Waals surface area contributed by atoms with Crippen LogP contribution in [0.15, 0.2) is 78.9 Å². The summed E-state index contributed by atoms with van der Waals surface area (Å²) in [7, 11) is 0. The minimum absolute atomic E-state index is 0.0352. The largest absolute Gasteiger partial charge is 0.361 e. The Labute approximate surface area is 158 Å². The fourth-order valence-electron chi connectivity index (χ4n) is 3.44. The van der Waals surface area contributed by atoms with Crippen LogP contribution in [0.25, 0.3) is 0 Å². The van der Waals surface area contributed by atoms with E-state index in [0.29, 0.717) is 13.0 Å². The maximum atomic E-state index is 13.0. The Morgan fingerprint density at radius 2 is 1.59 bits per heavy atom. The first-order valence-electron chi connectivity index (χ1n) is 8.92. The van der Waals surface area contributed by atoms with Crippen LogP contribution in [0.1, 0.15) is 33.2 Å². The third kappa shape index (κ3) is 3.40. The van der Waals surface area contributed by atoms with Gasteiger partial charge in [-0.1, -0.05) is 60.7 Å². The lowest BCUT2D eigenvalue weighted by Gasteiger charge is -2.27. The third-order valence-corrected chi connectivity index (χ3v) is 4.79. The van der Waals surface area contributed by atoms with Crippen molar-refractivity contribution >= 4 is 11.6 Å². The monoisotopic (exact) mass is 353 g/mol. The first kappa shape index (κ1) is 16.9. The molecule has 0 saturated heterocycles. The first-order chi connectivity index (χ1) is 13.3. The predicted octanol–water partition coefficient (Wildman–Crippen LogP) is 4.52. The smallest absolute Gasteiger partial charge is 0.256 e. The molecular formula is C23H19N3O. The summed E-state index contributed by atoms with van der Waals surface area (Å²) in [5.74, 6) is 0.0352. The maximum Gasteiger partial charge on any atom is 0.256 e. The quantitative estimate of drug-likeness (QED) is 0.734. The van der Waals surface area contributed by atoms with E-state index in [0.717, 1.165) is 27.9 Å². The second-order valence-electron chi connectivity index (χ2n) is 6.58. The van der Waals surface area contributed by atoms with Crippen LogP contribution < -0.4 is 5.32 Å². The lowest BCUT2D eigenvalue weighted by atomic mass is 10.1. The summed E-state index contributed by atoms with van der Waals surface area (Å²) >= 11 is 0. The number of nitrogens with one attached hydrogen (secondary N) is 1. The highest BCUT2D eigenvalue weighted by atomic mass is 16.2. The van der Waals surface area contributed by atoms with E-state index in [2.05, 4.69) is 11.4 Å². The molecule has 0 radical (unpaired) electrons. The van der Waals surface area contributed by atoms with E-state index in [1.165, 1.54) is 0 Å². The molecule has 4 nitrogen and oxygen atoms in total. The summed E-state index contributed by atoms with van der Waals surface area (Å²) < 4.78 is 0. The van der Waals surface area contributed by atoms with Crippen molar-refractivity contribution in [3.63, 3.8) is 0 Å². The molecule has 0 saturated carbocycles. The molecule has 132 valence electrons. The second kappa shape index (κ2) is 7.35. The lowest BCUT2D eigenvalue weighted by Crippen LogP contribution is -2.31. The highest BCUT2D eigenvalue weighted by Crippen LogP contribution is 2.35. The fraction of sp³-hybridized carbons (Fsp3) is 0.130. The Morgan fingerprint density at radius 3 is 2.33 bits per heavy atom. The topological polar surface area (TPSA) is 56.1 Å². The number of nitriles is 1. The summed E-state index contributed by atoms with van der Waals surface area (Å²) in [5.41, 5.74) is 4.72. The number of amides is 1. The van der Waals surface area contributed by atoms with Crippen LogP contribution in [0.4, 0.5) is 5.69 Å². The van der Waals surface area contributed by atoms with E-state index in [-0.39, 0.29) is 12.1 Å². The predicted molar refractivity (Wildman–Crippen MR) is 105 cm³/mol. The molecule has 1 N–H and O–H groups in total. The van der Waals surface area contributed by atoms with Crippen LogP contribution in [0, 0.1) is 11.3 Å². The molecule has 1 atom stereocenters. The molecule has 1 aliphatic heterocycles. The van der Waals surface area contributed by atoms with Gasteiger partial charge in [0.1, 0.15) is 6.17 Å². The zero-order valence-corrected chi connectivity index (χ0v) is 14.8. The van der Waals surface area contributed by atoms with Crippen LogP contribution >= 0.6 is 0 Å². The van der Waals surface area contributed by atoms with Gasteiger partial charge in [-0.2, -0.15) is 5.26 Å². The van der Waals surface area contributed by atoms with E-state index in [1.54, 1.807) is 0 Å². The molecule has 27 heavy (non-hydrogen) atoms. The molecule has 3 aromatic carbocycles.